The average Bonchev–Trinajstić information content (AvgIpc) is 3.52. The van der Waals surface area contributed by atoms with Crippen molar-refractivity contribution in [3.05, 3.63) is 48.6 Å². The molecule has 1 nitrogen and oxygen atoms in total. The minimum Gasteiger partial charge on any atom is -0.417 e. The molecule has 39 heavy (non-hydrogen) atoms. The van der Waals surface area contributed by atoms with Gasteiger partial charge in [0.05, 0.1) is 0 Å². The number of allylic oxidation sites excluding steroid dienone is 8. The van der Waals surface area contributed by atoms with E-state index >= 15 is 0 Å². The molecule has 0 radical (unpaired) electrons. The smallest absolute Gasteiger partial charge is 0.191 e. The van der Waals surface area contributed by atoms with Crippen LogP contribution in [0.3, 0.4) is 0 Å². The van der Waals surface area contributed by atoms with Crippen LogP contribution in [0.25, 0.3) is 0 Å². The van der Waals surface area contributed by atoms with Gasteiger partial charge >= 0.3 is 0 Å². The maximum atomic E-state index is 6.91. The minimum absolute atomic E-state index is 0.391. The summed E-state index contributed by atoms with van der Waals surface area (Å²) < 4.78 is 6.91. The highest BCUT2D eigenvalue weighted by atomic mass is 28.4. The largest absolute Gasteiger partial charge is 0.417 e. The van der Waals surface area contributed by atoms with Crippen LogP contribution in [-0.2, 0) is 4.43 Å². The van der Waals surface area contributed by atoms with Gasteiger partial charge in [-0.15, -0.1) is 0 Å². The first-order valence-corrected chi connectivity index (χ1v) is 19.9. The Morgan fingerprint density at radius 3 is 1.46 bits per heavy atom. The number of hydrogen-bond acceptors (Lipinski definition) is 1. The molecule has 0 spiro atoms. The van der Waals surface area contributed by atoms with Gasteiger partial charge in [0, 0.05) is 6.61 Å². The average molecular weight is 547 g/mol. The third-order valence-electron chi connectivity index (χ3n) is 13.7. The molecule has 0 saturated heterocycles. The SMILES string of the molecule is CC[Si](CC)(CC)OCCCC(C)(C1C2C=CC=CC2C2CCCCC21)C1C2C=CC=CC2C2CCCCC21. The van der Waals surface area contributed by atoms with Gasteiger partial charge in [-0.3, -0.25) is 0 Å². The molecule has 4 fully saturated rings. The standard InChI is InChI=1S/C37H58OSi/c1-5-39(6-2,7-3)38-26-16-25-37(4,35-31-21-12-8-17-27(31)28-18-9-13-22-32(28)35)36-33-23-14-10-19-29(33)30-20-11-15-24-34(30)36/h8,10,12,14,17,19,21,23,27-36H,5-7,9,11,13,15-16,18,20,22,24-26H2,1-4H3. The molecule has 0 aliphatic heterocycles. The predicted molar refractivity (Wildman–Crippen MR) is 169 cm³/mol. The second-order valence-electron chi connectivity index (χ2n) is 14.8. The van der Waals surface area contributed by atoms with E-state index in [0.717, 1.165) is 65.8 Å². The van der Waals surface area contributed by atoms with Gasteiger partial charge in [0.25, 0.3) is 0 Å². The first-order chi connectivity index (χ1) is 19.1. The Hall–Kier alpha value is -0.863. The van der Waals surface area contributed by atoms with Crippen LogP contribution in [0.5, 0.6) is 0 Å². The zero-order valence-corrected chi connectivity index (χ0v) is 26.7. The van der Waals surface area contributed by atoms with Gasteiger partial charge in [-0.1, -0.05) is 102 Å². The summed E-state index contributed by atoms with van der Waals surface area (Å²) in [5, 5.41) is 0. The molecule has 6 aliphatic rings. The molecule has 10 unspecified atom stereocenters. The number of fused-ring (bicyclic) bond motifs is 6. The lowest BCUT2D eigenvalue weighted by Crippen LogP contribution is -2.46. The topological polar surface area (TPSA) is 9.23 Å². The molecule has 6 aliphatic carbocycles. The van der Waals surface area contributed by atoms with E-state index in [2.05, 4.69) is 76.3 Å². The number of hydrogen-bond donors (Lipinski definition) is 0. The van der Waals surface area contributed by atoms with E-state index in [1.165, 1.54) is 82.3 Å². The highest BCUT2D eigenvalue weighted by molar-refractivity contribution is 6.73. The summed E-state index contributed by atoms with van der Waals surface area (Å²) in [6.45, 7) is 11.0. The van der Waals surface area contributed by atoms with Crippen molar-refractivity contribution >= 4 is 8.32 Å². The minimum atomic E-state index is -1.53. The molecule has 10 atom stereocenters. The van der Waals surface area contributed by atoms with Crippen molar-refractivity contribution in [2.24, 2.45) is 64.6 Å². The lowest BCUT2D eigenvalue weighted by atomic mass is 9.53. The van der Waals surface area contributed by atoms with Gasteiger partial charge < -0.3 is 4.43 Å². The summed E-state index contributed by atoms with van der Waals surface area (Å²) in [4.78, 5) is 0. The number of rotatable bonds is 10. The zero-order chi connectivity index (χ0) is 27.0. The van der Waals surface area contributed by atoms with Crippen molar-refractivity contribution in [3.63, 3.8) is 0 Å². The summed E-state index contributed by atoms with van der Waals surface area (Å²) in [6, 6.07) is 3.83. The summed E-state index contributed by atoms with van der Waals surface area (Å²) in [5.41, 5.74) is 0.391. The molecule has 0 aromatic heterocycles. The van der Waals surface area contributed by atoms with E-state index in [1.807, 2.05) is 0 Å². The van der Waals surface area contributed by atoms with E-state index in [9.17, 15) is 0 Å². The lowest BCUT2D eigenvalue weighted by Gasteiger charge is -2.51. The molecule has 0 aromatic rings. The molecule has 0 aromatic carbocycles. The van der Waals surface area contributed by atoms with Gasteiger partial charge in [-0.2, -0.15) is 0 Å². The molecule has 6 rings (SSSR count). The Kier molecular flexibility index (Phi) is 8.54. The molecule has 0 heterocycles. The Morgan fingerprint density at radius 1 is 0.615 bits per heavy atom. The highest BCUT2D eigenvalue weighted by Crippen LogP contribution is 2.68. The van der Waals surface area contributed by atoms with Gasteiger partial charge in [-0.05, 0) is 121 Å². The van der Waals surface area contributed by atoms with Crippen molar-refractivity contribution in [1.29, 1.82) is 0 Å². The Balaban J connectivity index is 1.35. The van der Waals surface area contributed by atoms with E-state index in [-0.39, 0.29) is 0 Å². The summed E-state index contributed by atoms with van der Waals surface area (Å²) in [7, 11) is -1.53. The molecule has 0 amide bonds. The molecule has 0 N–H and O–H groups in total. The third kappa shape index (κ3) is 4.86. The van der Waals surface area contributed by atoms with Crippen LogP contribution in [0, 0.1) is 64.6 Å². The van der Waals surface area contributed by atoms with Crippen molar-refractivity contribution in [1.82, 2.24) is 0 Å². The lowest BCUT2D eigenvalue weighted by molar-refractivity contribution is -0.0229. The normalized spacial score (nSPS) is 42.1. The molecule has 4 saturated carbocycles. The van der Waals surface area contributed by atoms with Crippen LogP contribution in [0.1, 0.15) is 91.9 Å². The summed E-state index contributed by atoms with van der Waals surface area (Å²) in [6.07, 6.45) is 34.7. The first kappa shape index (κ1) is 28.3. The molecule has 0 bridgehead atoms. The van der Waals surface area contributed by atoms with Gasteiger partial charge in [0.2, 0.25) is 0 Å². The maximum absolute atomic E-state index is 6.91. The van der Waals surface area contributed by atoms with E-state index in [1.54, 1.807) is 0 Å². The molecular formula is C37H58OSi. The van der Waals surface area contributed by atoms with Gasteiger partial charge in [0.15, 0.2) is 8.32 Å². The second-order valence-corrected chi connectivity index (χ2v) is 19.6. The summed E-state index contributed by atoms with van der Waals surface area (Å²) >= 11 is 0. The van der Waals surface area contributed by atoms with Crippen molar-refractivity contribution in [2.75, 3.05) is 6.61 Å². The van der Waals surface area contributed by atoms with Crippen molar-refractivity contribution < 1.29 is 4.43 Å². The molecule has 216 valence electrons. The van der Waals surface area contributed by atoms with Crippen LogP contribution >= 0.6 is 0 Å². The Bertz CT molecular complexity index is 886. The van der Waals surface area contributed by atoms with E-state index in [4.69, 9.17) is 4.43 Å². The Labute approximate surface area is 242 Å². The first-order valence-electron chi connectivity index (χ1n) is 17.4. The maximum Gasteiger partial charge on any atom is 0.191 e. The zero-order valence-electron chi connectivity index (χ0n) is 25.7. The van der Waals surface area contributed by atoms with E-state index in [0.29, 0.717) is 5.41 Å². The molecular weight excluding hydrogens is 488 g/mol. The summed E-state index contributed by atoms with van der Waals surface area (Å²) in [5.74, 6) is 8.47. The van der Waals surface area contributed by atoms with Crippen LogP contribution in [0.4, 0.5) is 0 Å². The fraction of sp³-hybridized carbons (Fsp3) is 0.784. The van der Waals surface area contributed by atoms with Gasteiger partial charge in [0.1, 0.15) is 0 Å². The predicted octanol–water partition coefficient (Wildman–Crippen LogP) is 10.4. The van der Waals surface area contributed by atoms with Crippen molar-refractivity contribution in [3.8, 4) is 0 Å². The van der Waals surface area contributed by atoms with Crippen molar-refractivity contribution in [2.45, 2.75) is 110 Å². The third-order valence-corrected chi connectivity index (χ3v) is 18.3. The molecule has 2 heteroatoms. The second kappa shape index (κ2) is 11.8. The van der Waals surface area contributed by atoms with E-state index < -0.39 is 8.32 Å². The highest BCUT2D eigenvalue weighted by Gasteiger charge is 2.62. The fourth-order valence-corrected chi connectivity index (χ4v) is 14.6. The fourth-order valence-electron chi connectivity index (χ4n) is 11.9. The van der Waals surface area contributed by atoms with Crippen LogP contribution in [0.2, 0.25) is 18.1 Å². The Morgan fingerprint density at radius 2 is 1.03 bits per heavy atom. The van der Waals surface area contributed by atoms with Crippen LogP contribution < -0.4 is 0 Å². The quantitative estimate of drug-likeness (QED) is 0.196. The monoisotopic (exact) mass is 546 g/mol. The van der Waals surface area contributed by atoms with Crippen LogP contribution in [-0.4, -0.2) is 14.9 Å². The van der Waals surface area contributed by atoms with Gasteiger partial charge in [-0.25, -0.2) is 0 Å². The van der Waals surface area contributed by atoms with Crippen LogP contribution in [0.15, 0.2) is 48.6 Å².